The van der Waals surface area contributed by atoms with E-state index in [0.29, 0.717) is 13.0 Å². The lowest BCUT2D eigenvalue weighted by Gasteiger charge is -2.24. The van der Waals surface area contributed by atoms with Crippen molar-refractivity contribution in [2.45, 2.75) is 39.8 Å². The summed E-state index contributed by atoms with van der Waals surface area (Å²) in [5, 5.41) is 8.59. The fourth-order valence-electron chi connectivity index (χ4n) is 4.27. The van der Waals surface area contributed by atoms with Crippen LogP contribution in [0.15, 0.2) is 60.8 Å². The van der Waals surface area contributed by atoms with Crippen molar-refractivity contribution in [3.8, 4) is 5.69 Å². The van der Waals surface area contributed by atoms with Gasteiger partial charge in [-0.3, -0.25) is 9.59 Å². The molecule has 170 valence electrons. The molecule has 0 fully saturated rings. The zero-order valence-electron chi connectivity index (χ0n) is 19.4. The Hall–Kier alpha value is -3.87. The number of aryl methyl sites for hydroxylation is 1. The Balaban J connectivity index is 1.56. The van der Waals surface area contributed by atoms with Crippen LogP contribution in [0.5, 0.6) is 0 Å². The maximum Gasteiger partial charge on any atom is 0.245 e. The summed E-state index contributed by atoms with van der Waals surface area (Å²) in [5.74, 6) is -0.368. The van der Waals surface area contributed by atoms with Gasteiger partial charge in [-0.2, -0.15) is 5.10 Å². The van der Waals surface area contributed by atoms with Crippen molar-refractivity contribution in [2.75, 3.05) is 7.05 Å². The predicted octanol–water partition coefficient (Wildman–Crippen LogP) is 3.68. The molecular formula is C26H29N5O2. The normalized spacial score (nSPS) is 12.0. The van der Waals surface area contributed by atoms with Crippen LogP contribution < -0.4 is 5.32 Å². The van der Waals surface area contributed by atoms with Gasteiger partial charge in [-0.15, -0.1) is 0 Å². The number of nitrogens with one attached hydrogen (secondary N) is 2. The largest absolute Gasteiger partial charge is 0.361 e. The summed E-state index contributed by atoms with van der Waals surface area (Å²) in [7, 11) is 1.77. The monoisotopic (exact) mass is 443 g/mol. The minimum absolute atomic E-state index is 0.137. The van der Waals surface area contributed by atoms with Gasteiger partial charge in [0.2, 0.25) is 11.8 Å². The first kappa shape index (κ1) is 22.3. The van der Waals surface area contributed by atoms with Crippen LogP contribution in [0.4, 0.5) is 0 Å². The van der Waals surface area contributed by atoms with E-state index in [2.05, 4.69) is 15.4 Å². The zero-order valence-corrected chi connectivity index (χ0v) is 19.4. The third kappa shape index (κ3) is 4.67. The van der Waals surface area contributed by atoms with Crippen molar-refractivity contribution in [1.82, 2.24) is 25.0 Å². The molecule has 2 aromatic heterocycles. The molecule has 0 aliphatic carbocycles. The van der Waals surface area contributed by atoms with Crippen LogP contribution in [0.25, 0.3) is 16.6 Å². The molecule has 0 spiro atoms. The average Bonchev–Trinajstić information content (AvgIpc) is 3.34. The highest BCUT2D eigenvalue weighted by Gasteiger charge is 2.26. The number of amides is 2. The molecule has 33 heavy (non-hydrogen) atoms. The number of fused-ring (bicyclic) bond motifs is 1. The number of hydrogen-bond acceptors (Lipinski definition) is 3. The number of aromatic amines is 1. The number of H-pyrrole nitrogens is 1. The van der Waals surface area contributed by atoms with Gasteiger partial charge in [0, 0.05) is 55.3 Å². The highest BCUT2D eigenvalue weighted by atomic mass is 16.2. The maximum absolute atomic E-state index is 13.4. The molecule has 1 unspecified atom stereocenters. The van der Waals surface area contributed by atoms with Crippen LogP contribution in [-0.4, -0.2) is 44.6 Å². The summed E-state index contributed by atoms with van der Waals surface area (Å²) in [5.41, 5.74) is 5.86. The Morgan fingerprint density at radius 3 is 2.52 bits per heavy atom. The zero-order chi connectivity index (χ0) is 23.5. The van der Waals surface area contributed by atoms with E-state index in [-0.39, 0.29) is 11.8 Å². The van der Waals surface area contributed by atoms with Crippen LogP contribution in [0.1, 0.15) is 29.4 Å². The Morgan fingerprint density at radius 1 is 1.09 bits per heavy atom. The van der Waals surface area contributed by atoms with Crippen molar-refractivity contribution in [1.29, 1.82) is 0 Å². The van der Waals surface area contributed by atoms with Gasteiger partial charge < -0.3 is 15.2 Å². The number of hydrogen-bond donors (Lipinski definition) is 2. The minimum atomic E-state index is -0.656. The van der Waals surface area contributed by atoms with Crippen molar-refractivity contribution in [3.05, 3.63) is 83.3 Å². The van der Waals surface area contributed by atoms with Gasteiger partial charge in [0.15, 0.2) is 0 Å². The Kier molecular flexibility index (Phi) is 6.31. The van der Waals surface area contributed by atoms with E-state index < -0.39 is 6.04 Å². The average molecular weight is 444 g/mol. The van der Waals surface area contributed by atoms with Gasteiger partial charge in [0.1, 0.15) is 6.04 Å². The van der Waals surface area contributed by atoms with Gasteiger partial charge in [0.05, 0.1) is 11.4 Å². The number of rotatable bonds is 7. The summed E-state index contributed by atoms with van der Waals surface area (Å²) >= 11 is 0. The van der Waals surface area contributed by atoms with E-state index in [1.807, 2.05) is 79.3 Å². The highest BCUT2D eigenvalue weighted by molar-refractivity contribution is 5.89. The first-order valence-corrected chi connectivity index (χ1v) is 11.0. The first-order valence-electron chi connectivity index (χ1n) is 11.0. The Morgan fingerprint density at radius 2 is 1.79 bits per heavy atom. The molecule has 0 saturated carbocycles. The first-order chi connectivity index (χ1) is 15.8. The number of carbonyl (C=O) groups is 2. The molecule has 2 heterocycles. The fourth-order valence-corrected chi connectivity index (χ4v) is 4.27. The van der Waals surface area contributed by atoms with Crippen LogP contribution >= 0.6 is 0 Å². The second-order valence-corrected chi connectivity index (χ2v) is 8.41. The molecule has 1 atom stereocenters. The van der Waals surface area contributed by atoms with Crippen molar-refractivity contribution in [3.63, 3.8) is 0 Å². The SMILES string of the molecule is CC(=O)NC(Cc1c[nH]c2ccccc12)C(=O)N(C)Cc1c(C)nn(-c2ccccc2)c1C. The molecule has 7 heteroatoms. The molecule has 2 N–H and O–H groups in total. The fraction of sp³-hybridized carbons (Fsp3) is 0.269. The standard InChI is InChI=1S/C26H29N5O2/c1-17-23(18(2)31(29-17)21-10-6-5-7-11-21)16-30(4)26(33)25(28-19(3)32)14-20-15-27-24-13-9-8-12-22(20)24/h5-13,15,25,27H,14,16H2,1-4H3,(H,28,32). The van der Waals surface area contributed by atoms with Crippen molar-refractivity contribution in [2.24, 2.45) is 0 Å². The molecule has 0 aliphatic rings. The molecule has 4 aromatic rings. The molecular weight excluding hydrogens is 414 g/mol. The van der Waals surface area contributed by atoms with E-state index in [1.165, 1.54) is 6.92 Å². The predicted molar refractivity (Wildman–Crippen MR) is 129 cm³/mol. The summed E-state index contributed by atoms with van der Waals surface area (Å²) < 4.78 is 1.90. The lowest BCUT2D eigenvalue weighted by Crippen LogP contribution is -2.47. The summed E-state index contributed by atoms with van der Waals surface area (Å²) in [6, 6.07) is 17.2. The summed E-state index contributed by atoms with van der Waals surface area (Å²) in [6.45, 7) is 5.82. The molecule has 0 saturated heterocycles. The number of nitrogens with zero attached hydrogens (tertiary/aromatic N) is 3. The van der Waals surface area contributed by atoms with Gasteiger partial charge in [-0.25, -0.2) is 4.68 Å². The molecule has 0 bridgehead atoms. The van der Waals surface area contributed by atoms with Gasteiger partial charge in [-0.1, -0.05) is 36.4 Å². The molecule has 2 amide bonds. The molecule has 4 rings (SSSR count). The van der Waals surface area contributed by atoms with Crippen LogP contribution in [0.2, 0.25) is 0 Å². The highest BCUT2D eigenvalue weighted by Crippen LogP contribution is 2.22. The topological polar surface area (TPSA) is 83.0 Å². The van der Waals surface area contributed by atoms with Gasteiger partial charge >= 0.3 is 0 Å². The van der Waals surface area contributed by atoms with Crippen molar-refractivity contribution >= 4 is 22.7 Å². The second-order valence-electron chi connectivity index (χ2n) is 8.41. The molecule has 0 aliphatic heterocycles. The van der Waals surface area contributed by atoms with E-state index in [0.717, 1.165) is 39.1 Å². The number of benzene rings is 2. The molecule has 7 nitrogen and oxygen atoms in total. The second kappa shape index (κ2) is 9.32. The third-order valence-corrected chi connectivity index (χ3v) is 5.99. The maximum atomic E-state index is 13.4. The van der Waals surface area contributed by atoms with E-state index in [1.54, 1.807) is 11.9 Å². The third-order valence-electron chi connectivity index (χ3n) is 5.99. The lowest BCUT2D eigenvalue weighted by atomic mass is 10.0. The van der Waals surface area contributed by atoms with Gasteiger partial charge in [0.25, 0.3) is 0 Å². The van der Waals surface area contributed by atoms with E-state index >= 15 is 0 Å². The molecule has 0 radical (unpaired) electrons. The molecule has 2 aromatic carbocycles. The number of para-hydroxylation sites is 2. The van der Waals surface area contributed by atoms with Crippen LogP contribution in [-0.2, 0) is 22.6 Å². The minimum Gasteiger partial charge on any atom is -0.361 e. The Bertz CT molecular complexity index is 1290. The quantitative estimate of drug-likeness (QED) is 0.457. The lowest BCUT2D eigenvalue weighted by molar-refractivity contribution is -0.135. The number of aromatic nitrogens is 3. The summed E-state index contributed by atoms with van der Waals surface area (Å²) in [6.07, 6.45) is 2.32. The van der Waals surface area contributed by atoms with Crippen molar-refractivity contribution < 1.29 is 9.59 Å². The summed E-state index contributed by atoms with van der Waals surface area (Å²) in [4.78, 5) is 30.2. The van der Waals surface area contributed by atoms with Crippen LogP contribution in [0.3, 0.4) is 0 Å². The number of carbonyl (C=O) groups excluding carboxylic acids is 2. The van der Waals surface area contributed by atoms with E-state index in [4.69, 9.17) is 0 Å². The van der Waals surface area contributed by atoms with Gasteiger partial charge in [-0.05, 0) is 37.6 Å². The smallest absolute Gasteiger partial charge is 0.245 e. The van der Waals surface area contributed by atoms with E-state index in [9.17, 15) is 9.59 Å². The Labute approximate surface area is 193 Å². The van der Waals surface area contributed by atoms with Crippen LogP contribution in [0, 0.1) is 13.8 Å². The number of likely N-dealkylation sites (N-methyl/N-ethyl adjacent to an activating group) is 1.